The van der Waals surface area contributed by atoms with Crippen LogP contribution in [0.15, 0.2) is 24.3 Å². The van der Waals surface area contributed by atoms with Gasteiger partial charge >= 0.3 is 0 Å². The standard InChI is InChI=1S/C14H20O2/c1-4-12-7-5-6-8-14(12)16-10-9-13(15)11(2)3/h5-8,11H,4,9-10H2,1-3H3. The number of rotatable bonds is 6. The lowest BCUT2D eigenvalue weighted by molar-refractivity contribution is -0.122. The fourth-order valence-electron chi connectivity index (χ4n) is 1.49. The van der Waals surface area contributed by atoms with Crippen LogP contribution in [0.5, 0.6) is 5.75 Å². The van der Waals surface area contributed by atoms with Crippen molar-refractivity contribution < 1.29 is 9.53 Å². The summed E-state index contributed by atoms with van der Waals surface area (Å²) in [5.74, 6) is 1.26. The SMILES string of the molecule is CCc1ccccc1OCCC(=O)C(C)C. The van der Waals surface area contributed by atoms with Crippen LogP contribution in [0.2, 0.25) is 0 Å². The summed E-state index contributed by atoms with van der Waals surface area (Å²) in [5.41, 5.74) is 1.19. The van der Waals surface area contributed by atoms with Crippen molar-refractivity contribution in [1.82, 2.24) is 0 Å². The topological polar surface area (TPSA) is 26.3 Å². The first-order valence-electron chi connectivity index (χ1n) is 5.88. The summed E-state index contributed by atoms with van der Waals surface area (Å²) in [5, 5.41) is 0. The average molecular weight is 220 g/mol. The molecule has 0 atom stereocenters. The number of para-hydroxylation sites is 1. The van der Waals surface area contributed by atoms with Crippen LogP contribution in [0, 0.1) is 5.92 Å². The van der Waals surface area contributed by atoms with Crippen molar-refractivity contribution in [2.24, 2.45) is 5.92 Å². The molecule has 0 aromatic heterocycles. The Morgan fingerprint density at radius 2 is 2.00 bits per heavy atom. The number of carbonyl (C=O) groups excluding carboxylic acids is 1. The van der Waals surface area contributed by atoms with E-state index >= 15 is 0 Å². The Morgan fingerprint density at radius 1 is 1.31 bits per heavy atom. The van der Waals surface area contributed by atoms with Crippen LogP contribution in [-0.4, -0.2) is 12.4 Å². The highest BCUT2D eigenvalue weighted by Crippen LogP contribution is 2.18. The minimum atomic E-state index is 0.102. The van der Waals surface area contributed by atoms with E-state index in [4.69, 9.17) is 4.74 Å². The van der Waals surface area contributed by atoms with Crippen molar-refractivity contribution in [2.45, 2.75) is 33.6 Å². The number of hydrogen-bond acceptors (Lipinski definition) is 2. The molecule has 0 amide bonds. The van der Waals surface area contributed by atoms with Crippen LogP contribution in [0.1, 0.15) is 32.8 Å². The lowest BCUT2D eigenvalue weighted by Crippen LogP contribution is -2.12. The summed E-state index contributed by atoms with van der Waals surface area (Å²) in [6.45, 7) is 6.42. The largest absolute Gasteiger partial charge is 0.493 e. The van der Waals surface area contributed by atoms with E-state index in [1.807, 2.05) is 32.0 Å². The van der Waals surface area contributed by atoms with Gasteiger partial charge in [0.25, 0.3) is 0 Å². The molecular weight excluding hydrogens is 200 g/mol. The summed E-state index contributed by atoms with van der Waals surface area (Å²) in [6, 6.07) is 7.97. The maximum absolute atomic E-state index is 11.4. The second-order valence-corrected chi connectivity index (χ2v) is 4.18. The van der Waals surface area contributed by atoms with Gasteiger partial charge in [-0.05, 0) is 18.1 Å². The molecule has 0 saturated heterocycles. The fourth-order valence-corrected chi connectivity index (χ4v) is 1.49. The van der Waals surface area contributed by atoms with Gasteiger partial charge in [0.05, 0.1) is 6.61 Å². The molecule has 16 heavy (non-hydrogen) atoms. The summed E-state index contributed by atoms with van der Waals surface area (Å²) >= 11 is 0. The molecule has 0 bridgehead atoms. The molecule has 0 saturated carbocycles. The molecule has 1 aromatic rings. The molecule has 0 radical (unpaired) electrons. The molecule has 1 rings (SSSR count). The normalized spacial score (nSPS) is 10.5. The number of Topliss-reactive ketones (excluding diaryl/α,β-unsaturated/α-hetero) is 1. The highest BCUT2D eigenvalue weighted by molar-refractivity contribution is 5.80. The minimum absolute atomic E-state index is 0.102. The minimum Gasteiger partial charge on any atom is -0.493 e. The first-order chi connectivity index (χ1) is 7.65. The predicted octanol–water partition coefficient (Wildman–Crippen LogP) is 3.24. The second kappa shape index (κ2) is 6.31. The summed E-state index contributed by atoms with van der Waals surface area (Å²) in [7, 11) is 0. The third-order valence-electron chi connectivity index (χ3n) is 2.60. The van der Waals surface area contributed by atoms with Crippen molar-refractivity contribution in [3.8, 4) is 5.75 Å². The van der Waals surface area contributed by atoms with Crippen LogP contribution < -0.4 is 4.74 Å². The Kier molecular flexibility index (Phi) is 5.03. The van der Waals surface area contributed by atoms with Crippen LogP contribution in [-0.2, 0) is 11.2 Å². The third-order valence-corrected chi connectivity index (χ3v) is 2.60. The van der Waals surface area contributed by atoms with E-state index in [1.165, 1.54) is 5.56 Å². The average Bonchev–Trinajstić information content (AvgIpc) is 2.29. The Bertz CT molecular complexity index is 342. The van der Waals surface area contributed by atoms with Gasteiger partial charge in [0.2, 0.25) is 0 Å². The first kappa shape index (κ1) is 12.8. The lowest BCUT2D eigenvalue weighted by Gasteiger charge is -2.10. The van der Waals surface area contributed by atoms with Crippen molar-refractivity contribution in [1.29, 1.82) is 0 Å². The molecule has 0 unspecified atom stereocenters. The van der Waals surface area contributed by atoms with Gasteiger partial charge in [0, 0.05) is 12.3 Å². The van der Waals surface area contributed by atoms with Crippen molar-refractivity contribution in [2.75, 3.05) is 6.61 Å². The quantitative estimate of drug-likeness (QED) is 0.735. The van der Waals surface area contributed by atoms with Gasteiger partial charge in [0.15, 0.2) is 0 Å². The van der Waals surface area contributed by atoms with Gasteiger partial charge in [-0.2, -0.15) is 0 Å². The van der Waals surface area contributed by atoms with Gasteiger partial charge in [-0.3, -0.25) is 4.79 Å². The van der Waals surface area contributed by atoms with E-state index in [0.29, 0.717) is 13.0 Å². The smallest absolute Gasteiger partial charge is 0.138 e. The number of ketones is 1. The highest BCUT2D eigenvalue weighted by atomic mass is 16.5. The third kappa shape index (κ3) is 3.69. The van der Waals surface area contributed by atoms with Gasteiger partial charge in [0.1, 0.15) is 11.5 Å². The van der Waals surface area contributed by atoms with Crippen molar-refractivity contribution >= 4 is 5.78 Å². The van der Waals surface area contributed by atoms with Gasteiger partial charge in [-0.1, -0.05) is 39.0 Å². The van der Waals surface area contributed by atoms with E-state index in [1.54, 1.807) is 0 Å². The van der Waals surface area contributed by atoms with E-state index in [-0.39, 0.29) is 11.7 Å². The molecule has 0 aliphatic heterocycles. The first-order valence-corrected chi connectivity index (χ1v) is 5.88. The summed E-state index contributed by atoms with van der Waals surface area (Å²) in [6.07, 6.45) is 1.45. The molecular formula is C14H20O2. The zero-order valence-electron chi connectivity index (χ0n) is 10.3. The van der Waals surface area contributed by atoms with E-state index in [0.717, 1.165) is 12.2 Å². The summed E-state index contributed by atoms with van der Waals surface area (Å²) < 4.78 is 5.63. The predicted molar refractivity (Wildman–Crippen MR) is 65.8 cm³/mol. The monoisotopic (exact) mass is 220 g/mol. The van der Waals surface area contributed by atoms with Crippen LogP contribution in [0.4, 0.5) is 0 Å². The number of benzene rings is 1. The summed E-state index contributed by atoms with van der Waals surface area (Å²) in [4.78, 5) is 11.4. The Morgan fingerprint density at radius 3 is 2.62 bits per heavy atom. The molecule has 88 valence electrons. The van der Waals surface area contributed by atoms with E-state index in [2.05, 4.69) is 13.0 Å². The van der Waals surface area contributed by atoms with Crippen molar-refractivity contribution in [3.05, 3.63) is 29.8 Å². The fraction of sp³-hybridized carbons (Fsp3) is 0.500. The number of carbonyl (C=O) groups is 1. The molecule has 0 aliphatic rings. The Hall–Kier alpha value is -1.31. The van der Waals surface area contributed by atoms with E-state index in [9.17, 15) is 4.79 Å². The van der Waals surface area contributed by atoms with Gasteiger partial charge < -0.3 is 4.74 Å². The van der Waals surface area contributed by atoms with Crippen LogP contribution in [0.25, 0.3) is 0 Å². The van der Waals surface area contributed by atoms with Crippen LogP contribution >= 0.6 is 0 Å². The number of hydrogen-bond donors (Lipinski definition) is 0. The molecule has 2 heteroatoms. The van der Waals surface area contributed by atoms with Crippen LogP contribution in [0.3, 0.4) is 0 Å². The number of ether oxygens (including phenoxy) is 1. The Balaban J connectivity index is 2.45. The number of aryl methyl sites for hydroxylation is 1. The molecule has 0 spiro atoms. The molecule has 0 aliphatic carbocycles. The molecule has 0 heterocycles. The lowest BCUT2D eigenvalue weighted by atomic mass is 10.1. The highest BCUT2D eigenvalue weighted by Gasteiger charge is 2.07. The second-order valence-electron chi connectivity index (χ2n) is 4.18. The molecule has 1 aromatic carbocycles. The van der Waals surface area contributed by atoms with Crippen molar-refractivity contribution in [3.63, 3.8) is 0 Å². The Labute approximate surface area is 97.6 Å². The molecule has 0 fully saturated rings. The van der Waals surface area contributed by atoms with Gasteiger partial charge in [-0.25, -0.2) is 0 Å². The van der Waals surface area contributed by atoms with Gasteiger partial charge in [-0.15, -0.1) is 0 Å². The molecule has 0 N–H and O–H groups in total. The van der Waals surface area contributed by atoms with E-state index < -0.39 is 0 Å². The maximum Gasteiger partial charge on any atom is 0.138 e. The molecule has 2 nitrogen and oxygen atoms in total. The zero-order valence-corrected chi connectivity index (χ0v) is 10.3. The zero-order chi connectivity index (χ0) is 12.0. The maximum atomic E-state index is 11.4.